The van der Waals surface area contributed by atoms with Crippen LogP contribution < -0.4 is 10.1 Å². The number of rotatable bonds is 6. The van der Waals surface area contributed by atoms with Gasteiger partial charge in [-0.25, -0.2) is 8.42 Å². The quantitative estimate of drug-likeness (QED) is 0.797. The van der Waals surface area contributed by atoms with Crippen molar-refractivity contribution in [2.24, 2.45) is 0 Å². The second kappa shape index (κ2) is 8.43. The minimum absolute atomic E-state index is 0.0225. The molecule has 8 heteroatoms. The number of hydrogen-bond donors (Lipinski definition) is 1. The number of para-hydroxylation sites is 2. The summed E-state index contributed by atoms with van der Waals surface area (Å²) in [5, 5.41) is 2.78. The van der Waals surface area contributed by atoms with Crippen LogP contribution in [0.4, 0.5) is 5.69 Å². The predicted molar refractivity (Wildman–Crippen MR) is 106 cm³/mol. The molecule has 1 N–H and O–H groups in total. The molecule has 1 aliphatic heterocycles. The Morgan fingerprint density at radius 3 is 2.46 bits per heavy atom. The lowest BCUT2D eigenvalue weighted by Gasteiger charge is -2.23. The molecule has 2 aromatic rings. The predicted octanol–water partition coefficient (Wildman–Crippen LogP) is 1.96. The highest BCUT2D eigenvalue weighted by molar-refractivity contribution is 7.91. The van der Waals surface area contributed by atoms with Gasteiger partial charge >= 0.3 is 0 Å². The molecule has 1 atom stereocenters. The van der Waals surface area contributed by atoms with E-state index in [1.807, 2.05) is 18.2 Å². The standard InChI is InChI=1S/C20H22N2O5S/c1-22(16-11-12-28(25,26)14-16)19(23)13-27-18-10-6-5-9-17(18)20(24)21-15-7-3-2-4-8-15/h2-10,16H,11-14H2,1H3,(H,21,24)/t16-/m0/s1. The van der Waals surface area contributed by atoms with Crippen LogP contribution in [0.15, 0.2) is 54.6 Å². The number of amides is 2. The number of carbonyl (C=O) groups excluding carboxylic acids is 2. The zero-order valence-electron chi connectivity index (χ0n) is 15.5. The minimum atomic E-state index is -3.08. The number of carbonyl (C=O) groups is 2. The van der Waals surface area contributed by atoms with Crippen molar-refractivity contribution in [3.05, 3.63) is 60.2 Å². The number of sulfone groups is 1. The lowest BCUT2D eigenvalue weighted by molar-refractivity contribution is -0.133. The number of benzene rings is 2. The SMILES string of the molecule is CN(C(=O)COc1ccccc1C(=O)Nc1ccccc1)[C@H]1CCS(=O)(=O)C1. The maximum Gasteiger partial charge on any atom is 0.260 e. The Bertz CT molecular complexity index is 960. The van der Waals surface area contributed by atoms with E-state index in [0.29, 0.717) is 17.7 Å². The van der Waals surface area contributed by atoms with Gasteiger partial charge in [0, 0.05) is 18.8 Å². The monoisotopic (exact) mass is 402 g/mol. The topological polar surface area (TPSA) is 92.8 Å². The van der Waals surface area contributed by atoms with Crippen molar-refractivity contribution in [3.63, 3.8) is 0 Å². The second-order valence-electron chi connectivity index (χ2n) is 6.67. The molecule has 0 saturated carbocycles. The molecular weight excluding hydrogens is 380 g/mol. The van der Waals surface area contributed by atoms with E-state index >= 15 is 0 Å². The Balaban J connectivity index is 1.63. The van der Waals surface area contributed by atoms with Crippen LogP contribution in [0.25, 0.3) is 0 Å². The van der Waals surface area contributed by atoms with Gasteiger partial charge in [0.2, 0.25) is 0 Å². The number of ether oxygens (including phenoxy) is 1. The van der Waals surface area contributed by atoms with Gasteiger partial charge in [-0.3, -0.25) is 9.59 Å². The average molecular weight is 402 g/mol. The molecule has 7 nitrogen and oxygen atoms in total. The molecule has 0 aliphatic carbocycles. The lowest BCUT2D eigenvalue weighted by Crippen LogP contribution is -2.40. The van der Waals surface area contributed by atoms with Crippen LogP contribution in [0.1, 0.15) is 16.8 Å². The first-order chi connectivity index (χ1) is 13.4. The summed E-state index contributed by atoms with van der Waals surface area (Å²) in [6, 6.07) is 15.4. The van der Waals surface area contributed by atoms with E-state index in [4.69, 9.17) is 4.74 Å². The zero-order valence-corrected chi connectivity index (χ0v) is 16.3. The minimum Gasteiger partial charge on any atom is -0.483 e. The molecule has 0 bridgehead atoms. The molecule has 28 heavy (non-hydrogen) atoms. The zero-order chi connectivity index (χ0) is 20.1. The molecule has 1 aliphatic rings. The Morgan fingerprint density at radius 1 is 1.11 bits per heavy atom. The molecule has 3 rings (SSSR count). The molecule has 0 spiro atoms. The van der Waals surface area contributed by atoms with E-state index in [-0.39, 0.29) is 41.7 Å². The van der Waals surface area contributed by atoms with Gasteiger partial charge in [-0.1, -0.05) is 30.3 Å². The van der Waals surface area contributed by atoms with E-state index in [9.17, 15) is 18.0 Å². The van der Waals surface area contributed by atoms with Crippen molar-refractivity contribution < 1.29 is 22.7 Å². The van der Waals surface area contributed by atoms with Crippen molar-refractivity contribution in [3.8, 4) is 5.75 Å². The summed E-state index contributed by atoms with van der Waals surface area (Å²) in [6.07, 6.45) is 0.431. The van der Waals surface area contributed by atoms with Crippen LogP contribution in [0, 0.1) is 0 Å². The molecule has 0 radical (unpaired) electrons. The van der Waals surface area contributed by atoms with Gasteiger partial charge in [-0.15, -0.1) is 0 Å². The fourth-order valence-corrected chi connectivity index (χ4v) is 4.80. The fraction of sp³-hybridized carbons (Fsp3) is 0.300. The number of hydrogen-bond acceptors (Lipinski definition) is 5. The van der Waals surface area contributed by atoms with Gasteiger partial charge in [0.15, 0.2) is 16.4 Å². The van der Waals surface area contributed by atoms with Crippen molar-refractivity contribution in [2.45, 2.75) is 12.5 Å². The van der Waals surface area contributed by atoms with Gasteiger partial charge in [-0.05, 0) is 30.7 Å². The summed E-state index contributed by atoms with van der Waals surface area (Å²) in [6.45, 7) is -0.275. The number of anilines is 1. The second-order valence-corrected chi connectivity index (χ2v) is 8.90. The smallest absolute Gasteiger partial charge is 0.260 e. The van der Waals surface area contributed by atoms with Gasteiger partial charge in [0.1, 0.15) is 5.75 Å². The van der Waals surface area contributed by atoms with E-state index < -0.39 is 9.84 Å². The molecule has 148 valence electrons. The van der Waals surface area contributed by atoms with Crippen LogP contribution in [-0.4, -0.2) is 56.3 Å². The molecule has 0 unspecified atom stereocenters. The van der Waals surface area contributed by atoms with Crippen molar-refractivity contribution in [1.29, 1.82) is 0 Å². The Labute approximate surface area is 164 Å². The average Bonchev–Trinajstić information content (AvgIpc) is 3.06. The van der Waals surface area contributed by atoms with Gasteiger partial charge in [0.05, 0.1) is 17.1 Å². The summed E-state index contributed by atoms with van der Waals surface area (Å²) in [5.74, 6) is -0.314. The molecule has 1 fully saturated rings. The maximum atomic E-state index is 12.5. The molecule has 0 aromatic heterocycles. The first-order valence-electron chi connectivity index (χ1n) is 8.90. The number of nitrogens with one attached hydrogen (secondary N) is 1. The summed E-state index contributed by atoms with van der Waals surface area (Å²) in [7, 11) is -1.50. The molecule has 2 aromatic carbocycles. The molecule has 1 heterocycles. The Hall–Kier alpha value is -2.87. The third-order valence-corrected chi connectivity index (χ3v) is 6.41. The lowest BCUT2D eigenvalue weighted by atomic mass is 10.2. The summed E-state index contributed by atoms with van der Waals surface area (Å²) < 4.78 is 28.8. The van der Waals surface area contributed by atoms with Crippen LogP contribution in [0.2, 0.25) is 0 Å². The van der Waals surface area contributed by atoms with Crippen LogP contribution in [-0.2, 0) is 14.6 Å². The summed E-state index contributed by atoms with van der Waals surface area (Å²) >= 11 is 0. The van der Waals surface area contributed by atoms with E-state index in [1.54, 1.807) is 43.4 Å². The van der Waals surface area contributed by atoms with Crippen LogP contribution in [0.3, 0.4) is 0 Å². The molecule has 1 saturated heterocycles. The Morgan fingerprint density at radius 2 is 1.79 bits per heavy atom. The number of nitrogens with zero attached hydrogens (tertiary/aromatic N) is 1. The maximum absolute atomic E-state index is 12.5. The molecule has 2 amide bonds. The molecular formula is C20H22N2O5S. The highest BCUT2D eigenvalue weighted by Gasteiger charge is 2.32. The summed E-state index contributed by atoms with van der Waals surface area (Å²) in [4.78, 5) is 26.3. The van der Waals surface area contributed by atoms with Crippen molar-refractivity contribution in [1.82, 2.24) is 4.90 Å². The van der Waals surface area contributed by atoms with Crippen LogP contribution >= 0.6 is 0 Å². The normalized spacial score (nSPS) is 17.7. The van der Waals surface area contributed by atoms with Gasteiger partial charge in [0.25, 0.3) is 11.8 Å². The first kappa shape index (κ1) is 19.9. The third-order valence-electron chi connectivity index (χ3n) is 4.66. The first-order valence-corrected chi connectivity index (χ1v) is 10.7. The van der Waals surface area contributed by atoms with Crippen molar-refractivity contribution >= 4 is 27.3 Å². The highest BCUT2D eigenvalue weighted by atomic mass is 32.2. The Kier molecular flexibility index (Phi) is 5.99. The number of likely N-dealkylation sites (N-methyl/N-ethyl adjacent to an activating group) is 1. The van der Waals surface area contributed by atoms with Crippen molar-refractivity contribution in [2.75, 3.05) is 30.5 Å². The van der Waals surface area contributed by atoms with Gasteiger partial charge in [-0.2, -0.15) is 0 Å². The van der Waals surface area contributed by atoms with E-state index in [0.717, 1.165) is 0 Å². The van der Waals surface area contributed by atoms with Gasteiger partial charge < -0.3 is 15.0 Å². The summed E-state index contributed by atoms with van der Waals surface area (Å²) in [5.41, 5.74) is 0.964. The highest BCUT2D eigenvalue weighted by Crippen LogP contribution is 2.21. The van der Waals surface area contributed by atoms with Crippen LogP contribution in [0.5, 0.6) is 5.75 Å². The fourth-order valence-electron chi connectivity index (χ4n) is 3.03. The third kappa shape index (κ3) is 4.89. The largest absolute Gasteiger partial charge is 0.483 e. The van der Waals surface area contributed by atoms with E-state index in [1.165, 1.54) is 4.90 Å². The van der Waals surface area contributed by atoms with E-state index in [2.05, 4.69) is 5.32 Å².